The number of carbonyl (C=O) groups excluding carboxylic acids is 1. The lowest BCUT2D eigenvalue weighted by atomic mass is 10.2. The fourth-order valence-electron chi connectivity index (χ4n) is 2.28. The number of halogens is 3. The maximum absolute atomic E-state index is 13.7. The van der Waals surface area contributed by atoms with Gasteiger partial charge in [-0.15, -0.1) is 0 Å². The van der Waals surface area contributed by atoms with Gasteiger partial charge in [-0.3, -0.25) is 25.8 Å². The second kappa shape index (κ2) is 8.67. The molecule has 3 aromatic rings. The van der Waals surface area contributed by atoms with Gasteiger partial charge in [0.15, 0.2) is 0 Å². The highest BCUT2D eigenvalue weighted by atomic mass is 35.5. The number of nitrogens with zero attached hydrogens (tertiary/aromatic N) is 3. The summed E-state index contributed by atoms with van der Waals surface area (Å²) in [6, 6.07) is 9.78. The van der Waals surface area contributed by atoms with Crippen molar-refractivity contribution in [3.63, 3.8) is 0 Å². The number of hydrogen-bond acceptors (Lipinski definition) is 7. The van der Waals surface area contributed by atoms with Crippen LogP contribution >= 0.6 is 23.2 Å². The van der Waals surface area contributed by atoms with E-state index in [4.69, 9.17) is 23.2 Å². The molecule has 12 heteroatoms. The number of hydrogen-bond donors (Lipinski definition) is 3. The number of carbonyl (C=O) groups is 1. The number of aromatic nitrogens is 2. The first-order valence-electron chi connectivity index (χ1n) is 7.89. The van der Waals surface area contributed by atoms with Crippen LogP contribution in [0.2, 0.25) is 10.0 Å². The lowest BCUT2D eigenvalue weighted by Gasteiger charge is -2.12. The summed E-state index contributed by atoms with van der Waals surface area (Å²) in [5, 5.41) is 14.9. The number of hydrazine groups is 1. The van der Waals surface area contributed by atoms with E-state index in [0.717, 1.165) is 12.4 Å². The average molecular weight is 437 g/mol. The van der Waals surface area contributed by atoms with Crippen LogP contribution in [0.4, 0.5) is 27.4 Å². The zero-order valence-corrected chi connectivity index (χ0v) is 15.8. The molecule has 0 aliphatic heterocycles. The molecule has 3 rings (SSSR count). The van der Waals surface area contributed by atoms with Crippen LogP contribution in [0, 0.1) is 15.9 Å². The fraction of sp³-hybridized carbons (Fsp3) is 0. The summed E-state index contributed by atoms with van der Waals surface area (Å²) in [4.78, 5) is 30.5. The molecule has 0 unspecified atom stereocenters. The molecule has 1 aromatic heterocycles. The molecule has 0 saturated heterocycles. The van der Waals surface area contributed by atoms with Gasteiger partial charge in [-0.1, -0.05) is 35.3 Å². The number of nitrogens with one attached hydrogen (secondary N) is 3. The van der Waals surface area contributed by atoms with Crippen molar-refractivity contribution >= 4 is 52.1 Å². The summed E-state index contributed by atoms with van der Waals surface area (Å²) in [5.74, 6) is -2.09. The first-order valence-corrected chi connectivity index (χ1v) is 8.64. The predicted molar refractivity (Wildman–Crippen MR) is 106 cm³/mol. The van der Waals surface area contributed by atoms with Crippen molar-refractivity contribution in [3.05, 3.63) is 80.3 Å². The summed E-state index contributed by atoms with van der Waals surface area (Å²) in [7, 11) is 0. The Morgan fingerprint density at radius 3 is 2.52 bits per heavy atom. The molecule has 0 spiro atoms. The summed E-state index contributed by atoms with van der Waals surface area (Å²) in [5.41, 5.74) is 3.99. The van der Waals surface area contributed by atoms with Crippen LogP contribution in [-0.4, -0.2) is 20.8 Å². The minimum atomic E-state index is -0.841. The van der Waals surface area contributed by atoms with Gasteiger partial charge in [0.25, 0.3) is 5.91 Å². The lowest BCUT2D eigenvalue weighted by Crippen LogP contribution is -2.31. The van der Waals surface area contributed by atoms with Crippen molar-refractivity contribution in [2.24, 2.45) is 0 Å². The summed E-state index contributed by atoms with van der Waals surface area (Å²) in [6.07, 6.45) is 1.04. The van der Waals surface area contributed by atoms with E-state index in [1.165, 1.54) is 36.4 Å². The van der Waals surface area contributed by atoms with Crippen LogP contribution in [0.15, 0.2) is 48.8 Å². The van der Waals surface area contributed by atoms with Gasteiger partial charge in [0.2, 0.25) is 11.6 Å². The second-order valence-electron chi connectivity index (χ2n) is 5.48. The molecule has 0 saturated carbocycles. The Balaban J connectivity index is 1.86. The number of rotatable bonds is 6. The van der Waals surface area contributed by atoms with Crippen molar-refractivity contribution in [3.8, 4) is 0 Å². The first kappa shape index (κ1) is 20.2. The standard InChI is InChI=1S/C17H11Cl2FN6O3/c18-9-5-6-13(11(19)7-9)23-15-14(26(28)29)16(22-8-21-15)24-25-17(27)10-3-1-2-4-12(10)20/h1-8H,(H,25,27)(H2,21,22,23,24). The Morgan fingerprint density at radius 2 is 1.83 bits per heavy atom. The smallest absolute Gasteiger partial charge is 0.333 e. The van der Waals surface area contributed by atoms with Crippen LogP contribution in [0.3, 0.4) is 0 Å². The molecule has 0 radical (unpaired) electrons. The third-order valence-electron chi connectivity index (χ3n) is 3.60. The van der Waals surface area contributed by atoms with Gasteiger partial charge in [-0.05, 0) is 30.3 Å². The van der Waals surface area contributed by atoms with Gasteiger partial charge >= 0.3 is 5.69 Å². The highest BCUT2D eigenvalue weighted by Crippen LogP contribution is 2.34. The molecule has 0 aliphatic carbocycles. The zero-order chi connectivity index (χ0) is 21.0. The topological polar surface area (TPSA) is 122 Å². The Kier molecular flexibility index (Phi) is 6.05. The van der Waals surface area contributed by atoms with E-state index in [2.05, 4.69) is 26.1 Å². The van der Waals surface area contributed by atoms with Gasteiger partial charge in [-0.25, -0.2) is 14.4 Å². The van der Waals surface area contributed by atoms with Gasteiger partial charge in [0, 0.05) is 5.02 Å². The molecular weight excluding hydrogens is 426 g/mol. The highest BCUT2D eigenvalue weighted by molar-refractivity contribution is 6.36. The third-order valence-corrected chi connectivity index (χ3v) is 4.15. The molecule has 9 nitrogen and oxygen atoms in total. The van der Waals surface area contributed by atoms with E-state index >= 15 is 0 Å². The monoisotopic (exact) mass is 436 g/mol. The van der Waals surface area contributed by atoms with Crippen molar-refractivity contribution in [2.45, 2.75) is 0 Å². The van der Waals surface area contributed by atoms with E-state index in [1.54, 1.807) is 0 Å². The van der Waals surface area contributed by atoms with Gasteiger partial charge in [-0.2, -0.15) is 0 Å². The Morgan fingerprint density at radius 1 is 1.10 bits per heavy atom. The van der Waals surface area contributed by atoms with Crippen molar-refractivity contribution in [1.29, 1.82) is 0 Å². The maximum Gasteiger partial charge on any atom is 0.355 e. The largest absolute Gasteiger partial charge is 0.355 e. The molecule has 148 valence electrons. The molecule has 3 N–H and O–H groups in total. The Hall–Kier alpha value is -3.50. The zero-order valence-electron chi connectivity index (χ0n) is 14.3. The van der Waals surface area contributed by atoms with Crippen molar-refractivity contribution < 1.29 is 14.1 Å². The summed E-state index contributed by atoms with van der Waals surface area (Å²) < 4.78 is 13.7. The van der Waals surface area contributed by atoms with Crippen LogP contribution in [0.1, 0.15) is 10.4 Å². The van der Waals surface area contributed by atoms with Crippen LogP contribution in [0.25, 0.3) is 0 Å². The van der Waals surface area contributed by atoms with Gasteiger partial charge in [0.1, 0.15) is 12.1 Å². The fourth-order valence-corrected chi connectivity index (χ4v) is 2.74. The Bertz CT molecular complexity index is 1100. The van der Waals surface area contributed by atoms with E-state index in [0.29, 0.717) is 10.7 Å². The molecule has 0 bridgehead atoms. The molecule has 2 aromatic carbocycles. The molecule has 1 amide bonds. The van der Waals surface area contributed by atoms with Crippen molar-refractivity contribution in [2.75, 3.05) is 10.7 Å². The van der Waals surface area contributed by atoms with Gasteiger partial charge < -0.3 is 5.32 Å². The van der Waals surface area contributed by atoms with E-state index < -0.39 is 22.3 Å². The van der Waals surface area contributed by atoms with Crippen molar-refractivity contribution in [1.82, 2.24) is 15.4 Å². The molecule has 0 fully saturated rings. The molecule has 0 atom stereocenters. The number of amides is 1. The first-order chi connectivity index (χ1) is 13.9. The highest BCUT2D eigenvalue weighted by Gasteiger charge is 2.24. The molecular formula is C17H11Cl2FN6O3. The maximum atomic E-state index is 13.7. The minimum Gasteiger partial charge on any atom is -0.333 e. The van der Waals surface area contributed by atoms with Crippen LogP contribution < -0.4 is 16.2 Å². The predicted octanol–water partition coefficient (Wildman–Crippen LogP) is 4.33. The van der Waals surface area contributed by atoms with E-state index in [1.807, 2.05) is 0 Å². The van der Waals surface area contributed by atoms with Gasteiger partial charge in [0.05, 0.1) is 21.2 Å². The van der Waals surface area contributed by atoms with Crippen LogP contribution in [0.5, 0.6) is 0 Å². The van der Waals surface area contributed by atoms with E-state index in [-0.39, 0.29) is 22.2 Å². The Labute approximate surface area is 173 Å². The SMILES string of the molecule is O=C(NNc1ncnc(Nc2ccc(Cl)cc2Cl)c1[N+](=O)[O-])c1ccccc1F. The summed E-state index contributed by atoms with van der Waals surface area (Å²) in [6.45, 7) is 0. The average Bonchev–Trinajstić information content (AvgIpc) is 2.68. The quantitative estimate of drug-likeness (QED) is 0.388. The molecule has 0 aliphatic rings. The number of anilines is 3. The number of nitro groups is 1. The summed E-state index contributed by atoms with van der Waals surface area (Å²) >= 11 is 11.9. The second-order valence-corrected chi connectivity index (χ2v) is 6.33. The third kappa shape index (κ3) is 4.68. The van der Waals surface area contributed by atoms with E-state index in [9.17, 15) is 19.3 Å². The normalized spacial score (nSPS) is 10.3. The lowest BCUT2D eigenvalue weighted by molar-refractivity contribution is -0.383. The number of benzene rings is 2. The van der Waals surface area contributed by atoms with Crippen LogP contribution in [-0.2, 0) is 0 Å². The molecule has 1 heterocycles. The minimum absolute atomic E-state index is 0.183. The molecule has 29 heavy (non-hydrogen) atoms.